The number of fused-ring (bicyclic) bond motifs is 1. The van der Waals surface area contributed by atoms with E-state index >= 15 is 0 Å². The van der Waals surface area contributed by atoms with Crippen molar-refractivity contribution in [1.29, 1.82) is 5.26 Å². The fraction of sp³-hybridized carbons (Fsp3) is 0.0714. The summed E-state index contributed by atoms with van der Waals surface area (Å²) < 4.78 is 2.58. The highest BCUT2D eigenvalue weighted by molar-refractivity contribution is 7.17. The molecule has 92 valence electrons. The average Bonchev–Trinajstić information content (AvgIpc) is 2.92. The molecule has 0 saturated carbocycles. The van der Waals surface area contributed by atoms with Crippen molar-refractivity contribution in [2.45, 2.75) is 6.54 Å². The second-order valence-corrected chi connectivity index (χ2v) is 5.02. The number of nitriles is 1. The van der Waals surface area contributed by atoms with Gasteiger partial charge in [-0.25, -0.2) is 4.98 Å². The van der Waals surface area contributed by atoms with Crippen molar-refractivity contribution in [2.75, 3.05) is 0 Å². The maximum absolute atomic E-state index is 12.3. The van der Waals surface area contributed by atoms with Crippen LogP contribution in [-0.4, -0.2) is 9.55 Å². The lowest BCUT2D eigenvalue weighted by Gasteiger charge is -2.06. The zero-order valence-corrected chi connectivity index (χ0v) is 10.7. The van der Waals surface area contributed by atoms with E-state index in [0.29, 0.717) is 12.2 Å². The van der Waals surface area contributed by atoms with Gasteiger partial charge in [0, 0.05) is 22.7 Å². The molecule has 0 aromatic carbocycles. The van der Waals surface area contributed by atoms with E-state index in [1.807, 2.05) is 29.6 Å². The fourth-order valence-electron chi connectivity index (χ4n) is 1.98. The van der Waals surface area contributed by atoms with Crippen LogP contribution in [0.3, 0.4) is 0 Å². The maximum atomic E-state index is 12.3. The van der Waals surface area contributed by atoms with Crippen molar-refractivity contribution in [3.05, 3.63) is 63.7 Å². The number of nitrogens with zero attached hydrogens (tertiary/aromatic N) is 3. The number of aromatic nitrogens is 2. The molecular formula is C14H9N3OS. The Labute approximate surface area is 113 Å². The molecule has 0 N–H and O–H groups in total. The van der Waals surface area contributed by atoms with Crippen molar-refractivity contribution in [1.82, 2.24) is 9.55 Å². The second kappa shape index (κ2) is 4.67. The minimum Gasteiger partial charge on any atom is -0.310 e. The van der Waals surface area contributed by atoms with Gasteiger partial charge < -0.3 is 4.57 Å². The van der Waals surface area contributed by atoms with E-state index in [9.17, 15) is 4.79 Å². The zero-order chi connectivity index (χ0) is 13.2. The Bertz CT molecular complexity index is 842. The van der Waals surface area contributed by atoms with Gasteiger partial charge >= 0.3 is 0 Å². The lowest BCUT2D eigenvalue weighted by atomic mass is 10.2. The molecule has 0 radical (unpaired) electrons. The van der Waals surface area contributed by atoms with Crippen LogP contribution in [0.5, 0.6) is 0 Å². The van der Waals surface area contributed by atoms with Crippen LogP contribution in [-0.2, 0) is 6.54 Å². The lowest BCUT2D eigenvalue weighted by molar-refractivity contribution is 0.762. The summed E-state index contributed by atoms with van der Waals surface area (Å²) in [6.45, 7) is 0.362. The molecule has 4 nitrogen and oxygen atoms in total. The summed E-state index contributed by atoms with van der Waals surface area (Å²) >= 11 is 1.55. The van der Waals surface area contributed by atoms with Crippen LogP contribution >= 0.6 is 11.3 Å². The van der Waals surface area contributed by atoms with Crippen LogP contribution in [0.25, 0.3) is 10.1 Å². The minimum absolute atomic E-state index is 0.0357. The van der Waals surface area contributed by atoms with Crippen LogP contribution in [0.15, 0.2) is 46.8 Å². The molecule has 3 rings (SSSR count). The molecule has 0 amide bonds. The molecule has 0 aliphatic carbocycles. The summed E-state index contributed by atoms with van der Waals surface area (Å²) in [7, 11) is 0. The fourth-order valence-corrected chi connectivity index (χ4v) is 2.75. The Hall–Kier alpha value is -2.45. The molecule has 0 atom stereocenters. The molecule has 0 saturated heterocycles. The highest BCUT2D eigenvalue weighted by Crippen LogP contribution is 2.16. The maximum Gasteiger partial charge on any atom is 0.259 e. The lowest BCUT2D eigenvalue weighted by Crippen LogP contribution is -2.20. The summed E-state index contributed by atoms with van der Waals surface area (Å²) in [4.78, 5) is 16.3. The number of thiophene rings is 1. The Kier molecular flexibility index (Phi) is 2.86. The largest absolute Gasteiger partial charge is 0.310 e. The second-order valence-electron chi connectivity index (χ2n) is 4.07. The van der Waals surface area contributed by atoms with Gasteiger partial charge in [-0.2, -0.15) is 5.26 Å². The van der Waals surface area contributed by atoms with E-state index in [4.69, 9.17) is 5.26 Å². The van der Waals surface area contributed by atoms with Crippen molar-refractivity contribution in [2.24, 2.45) is 0 Å². The Morgan fingerprint density at radius 1 is 1.37 bits per heavy atom. The summed E-state index contributed by atoms with van der Waals surface area (Å²) in [5, 5.41) is 11.6. The first-order valence-electron chi connectivity index (χ1n) is 5.70. The summed E-state index contributed by atoms with van der Waals surface area (Å²) in [5.41, 5.74) is 1.08. The third-order valence-corrected chi connectivity index (χ3v) is 3.81. The molecule has 0 aliphatic heterocycles. The van der Waals surface area contributed by atoms with Crippen molar-refractivity contribution in [3.63, 3.8) is 0 Å². The van der Waals surface area contributed by atoms with Crippen molar-refractivity contribution in [3.8, 4) is 6.07 Å². The van der Waals surface area contributed by atoms with Gasteiger partial charge in [-0.15, -0.1) is 11.3 Å². The molecular weight excluding hydrogens is 258 g/mol. The molecule has 19 heavy (non-hydrogen) atoms. The van der Waals surface area contributed by atoms with Gasteiger partial charge in [-0.3, -0.25) is 4.79 Å². The molecule has 3 aromatic rings. The number of hydrogen-bond acceptors (Lipinski definition) is 4. The first-order chi connectivity index (χ1) is 9.29. The first-order valence-corrected chi connectivity index (χ1v) is 6.58. The monoisotopic (exact) mass is 267 g/mol. The van der Waals surface area contributed by atoms with E-state index in [1.54, 1.807) is 34.4 Å². The Morgan fingerprint density at radius 3 is 3.11 bits per heavy atom. The van der Waals surface area contributed by atoms with Gasteiger partial charge in [0.1, 0.15) is 11.8 Å². The smallest absolute Gasteiger partial charge is 0.259 e. The third kappa shape index (κ3) is 2.02. The highest BCUT2D eigenvalue weighted by atomic mass is 32.1. The van der Waals surface area contributed by atoms with Crippen molar-refractivity contribution >= 4 is 21.4 Å². The van der Waals surface area contributed by atoms with Crippen LogP contribution in [0.4, 0.5) is 0 Å². The van der Waals surface area contributed by atoms with Gasteiger partial charge in [0.05, 0.1) is 11.9 Å². The quantitative estimate of drug-likeness (QED) is 0.716. The summed E-state index contributed by atoms with van der Waals surface area (Å²) in [5.74, 6) is 0. The van der Waals surface area contributed by atoms with Crippen molar-refractivity contribution < 1.29 is 0 Å². The predicted octanol–water partition coefficient (Wildman–Crippen LogP) is 2.38. The molecule has 5 heteroatoms. The van der Waals surface area contributed by atoms with Gasteiger partial charge in [0.15, 0.2) is 0 Å². The topological polar surface area (TPSA) is 58.7 Å². The third-order valence-electron chi connectivity index (χ3n) is 2.93. The Balaban J connectivity index is 2.09. The van der Waals surface area contributed by atoms with E-state index < -0.39 is 0 Å². The molecule has 0 fully saturated rings. The summed E-state index contributed by atoms with van der Waals surface area (Å²) in [6, 6.07) is 9.37. The van der Waals surface area contributed by atoms with E-state index in [1.165, 1.54) is 0 Å². The number of pyridine rings is 2. The molecule has 3 aromatic heterocycles. The SMILES string of the molecule is N#Cc1ncccc1Cn1ccc2sccc2c1=O. The van der Waals surface area contributed by atoms with E-state index in [0.717, 1.165) is 15.6 Å². The molecule has 0 unspecified atom stereocenters. The minimum atomic E-state index is -0.0357. The first kappa shape index (κ1) is 11.6. The number of hydrogen-bond donors (Lipinski definition) is 0. The van der Waals surface area contributed by atoms with Crippen LogP contribution in [0.2, 0.25) is 0 Å². The summed E-state index contributed by atoms with van der Waals surface area (Å²) in [6.07, 6.45) is 3.34. The molecule has 3 heterocycles. The predicted molar refractivity (Wildman–Crippen MR) is 74.1 cm³/mol. The van der Waals surface area contributed by atoms with Gasteiger partial charge in [-0.05, 0) is 23.6 Å². The number of rotatable bonds is 2. The van der Waals surface area contributed by atoms with Crippen LogP contribution in [0, 0.1) is 11.3 Å². The highest BCUT2D eigenvalue weighted by Gasteiger charge is 2.07. The van der Waals surface area contributed by atoms with Gasteiger partial charge in [-0.1, -0.05) is 6.07 Å². The van der Waals surface area contributed by atoms with Crippen LogP contribution < -0.4 is 5.56 Å². The normalized spacial score (nSPS) is 10.5. The molecule has 0 bridgehead atoms. The standard InChI is InChI=1S/C14H9N3OS/c15-8-12-10(2-1-5-16-12)9-17-6-3-13-11(14(17)18)4-7-19-13/h1-7H,9H2. The van der Waals surface area contributed by atoms with E-state index in [-0.39, 0.29) is 5.56 Å². The van der Waals surface area contributed by atoms with Crippen LogP contribution in [0.1, 0.15) is 11.3 Å². The average molecular weight is 267 g/mol. The zero-order valence-electron chi connectivity index (χ0n) is 9.91. The van der Waals surface area contributed by atoms with Gasteiger partial charge in [0.25, 0.3) is 5.56 Å². The van der Waals surface area contributed by atoms with Gasteiger partial charge in [0.2, 0.25) is 0 Å². The van der Waals surface area contributed by atoms with E-state index in [2.05, 4.69) is 4.98 Å². The molecule has 0 aliphatic rings. The Morgan fingerprint density at radius 2 is 2.26 bits per heavy atom. The molecule has 0 spiro atoms.